The molecule has 0 heterocycles. The van der Waals surface area contributed by atoms with Gasteiger partial charge in [0, 0.05) is 20.1 Å². The van der Waals surface area contributed by atoms with Gasteiger partial charge in [-0.15, -0.1) is 0 Å². The van der Waals surface area contributed by atoms with Gasteiger partial charge < -0.3 is 10.6 Å². The predicted molar refractivity (Wildman–Crippen MR) is 106 cm³/mol. The zero-order valence-corrected chi connectivity index (χ0v) is 15.8. The molecule has 0 radical (unpaired) electrons. The van der Waals surface area contributed by atoms with Gasteiger partial charge in [-0.05, 0) is 42.5 Å². The van der Waals surface area contributed by atoms with Crippen LogP contribution in [-0.4, -0.2) is 34.5 Å². The van der Waals surface area contributed by atoms with Gasteiger partial charge in [-0.3, -0.25) is 4.99 Å². The van der Waals surface area contributed by atoms with Crippen LogP contribution in [0.3, 0.4) is 0 Å². The summed E-state index contributed by atoms with van der Waals surface area (Å²) in [5.74, 6) is 0.763. The van der Waals surface area contributed by atoms with Crippen LogP contribution in [0.2, 0.25) is 0 Å². The first-order valence-electron chi connectivity index (χ1n) is 8.59. The number of nitrogens with one attached hydrogen (secondary N) is 2. The number of guanidine groups is 1. The number of benzene rings is 2. The molecule has 0 spiro atoms. The van der Waals surface area contributed by atoms with Gasteiger partial charge in [0.25, 0.3) is 0 Å². The molecule has 0 aliphatic heterocycles. The smallest absolute Gasteiger partial charge is 0.238 e. The summed E-state index contributed by atoms with van der Waals surface area (Å²) >= 11 is 0. The predicted octanol–water partition coefficient (Wildman–Crippen LogP) is 1.67. The van der Waals surface area contributed by atoms with Gasteiger partial charge in [-0.2, -0.15) is 0 Å². The zero-order chi connectivity index (χ0) is 18.8. The topological polar surface area (TPSA) is 96.6 Å². The first-order chi connectivity index (χ1) is 12.5. The van der Waals surface area contributed by atoms with Crippen LogP contribution in [0.1, 0.15) is 17.5 Å². The van der Waals surface area contributed by atoms with Crippen LogP contribution >= 0.6 is 0 Å². The summed E-state index contributed by atoms with van der Waals surface area (Å²) in [4.78, 5) is 4.34. The Bertz CT molecular complexity index is 803. The lowest BCUT2D eigenvalue weighted by molar-refractivity contribution is 0.598. The van der Waals surface area contributed by atoms with Crippen LogP contribution in [0.15, 0.2) is 64.5 Å². The minimum Gasteiger partial charge on any atom is -0.356 e. The molecule has 0 aromatic heterocycles. The van der Waals surface area contributed by atoms with Crippen molar-refractivity contribution in [1.82, 2.24) is 10.6 Å². The fourth-order valence-electron chi connectivity index (χ4n) is 2.54. The molecule has 0 saturated carbocycles. The third-order valence-electron chi connectivity index (χ3n) is 3.96. The van der Waals surface area contributed by atoms with Crippen molar-refractivity contribution in [2.24, 2.45) is 10.1 Å². The largest absolute Gasteiger partial charge is 0.356 e. The molecular formula is C19H26N4O2S. The van der Waals surface area contributed by atoms with Gasteiger partial charge in [0.05, 0.1) is 4.90 Å². The highest BCUT2D eigenvalue weighted by atomic mass is 32.2. The molecule has 6 nitrogen and oxygen atoms in total. The van der Waals surface area contributed by atoms with Gasteiger partial charge in [-0.25, -0.2) is 13.6 Å². The normalized spacial score (nSPS) is 12.0. The van der Waals surface area contributed by atoms with E-state index >= 15 is 0 Å². The average Bonchev–Trinajstić information content (AvgIpc) is 2.64. The van der Waals surface area contributed by atoms with Gasteiger partial charge in [0.2, 0.25) is 10.0 Å². The molecule has 26 heavy (non-hydrogen) atoms. The van der Waals surface area contributed by atoms with Crippen LogP contribution in [0, 0.1) is 0 Å². The maximum absolute atomic E-state index is 11.2. The number of nitrogens with two attached hydrogens (primary N) is 1. The number of sulfonamides is 1. The van der Waals surface area contributed by atoms with E-state index in [0.29, 0.717) is 6.54 Å². The highest BCUT2D eigenvalue weighted by Crippen LogP contribution is 2.08. The number of primary sulfonamides is 1. The molecule has 0 amide bonds. The summed E-state index contributed by atoms with van der Waals surface area (Å²) < 4.78 is 22.5. The minimum atomic E-state index is -3.64. The van der Waals surface area contributed by atoms with Crippen LogP contribution in [0.5, 0.6) is 0 Å². The standard InChI is InChI=1S/C19H26N4O2S/c1-21-19(22-14-5-8-16-6-3-2-4-7-16)23-15-13-17-9-11-18(12-10-17)26(20,24)25/h2-4,6-7,9-12H,5,8,13-15H2,1H3,(H2,20,24,25)(H2,21,22,23). The number of nitrogens with zero attached hydrogens (tertiary/aromatic N) is 1. The van der Waals surface area contributed by atoms with Crippen LogP contribution in [0.25, 0.3) is 0 Å². The van der Waals surface area contributed by atoms with E-state index in [2.05, 4.69) is 39.9 Å². The Kier molecular flexibility index (Phi) is 7.62. The number of aryl methyl sites for hydroxylation is 1. The molecule has 4 N–H and O–H groups in total. The van der Waals surface area contributed by atoms with Crippen molar-refractivity contribution >= 4 is 16.0 Å². The van der Waals surface area contributed by atoms with Gasteiger partial charge >= 0.3 is 0 Å². The highest BCUT2D eigenvalue weighted by molar-refractivity contribution is 7.89. The van der Waals surface area contributed by atoms with Crippen molar-refractivity contribution < 1.29 is 8.42 Å². The van der Waals surface area contributed by atoms with Crippen molar-refractivity contribution in [3.8, 4) is 0 Å². The average molecular weight is 375 g/mol. The van der Waals surface area contributed by atoms with Crippen molar-refractivity contribution in [3.63, 3.8) is 0 Å². The maximum atomic E-state index is 11.2. The maximum Gasteiger partial charge on any atom is 0.238 e. The Labute approximate surface area is 155 Å². The molecule has 0 aliphatic rings. The van der Waals surface area contributed by atoms with Crippen LogP contribution in [-0.2, 0) is 22.9 Å². The number of hydrogen-bond donors (Lipinski definition) is 3. The number of hydrogen-bond acceptors (Lipinski definition) is 3. The second kappa shape index (κ2) is 9.94. The van der Waals surface area contributed by atoms with E-state index in [1.165, 1.54) is 17.7 Å². The van der Waals surface area contributed by atoms with Crippen molar-refractivity contribution in [1.29, 1.82) is 0 Å². The Morgan fingerprint density at radius 1 is 0.923 bits per heavy atom. The number of aliphatic imine (C=N–C) groups is 1. The third-order valence-corrected chi connectivity index (χ3v) is 4.89. The van der Waals surface area contributed by atoms with E-state index in [1.807, 2.05) is 6.07 Å². The molecule has 0 bridgehead atoms. The van der Waals surface area contributed by atoms with Gasteiger partial charge in [0.15, 0.2) is 5.96 Å². The lowest BCUT2D eigenvalue weighted by atomic mass is 10.1. The Morgan fingerprint density at radius 3 is 2.15 bits per heavy atom. The van der Waals surface area contributed by atoms with Gasteiger partial charge in [-0.1, -0.05) is 42.5 Å². The summed E-state index contributed by atoms with van der Waals surface area (Å²) in [6, 6.07) is 17.0. The van der Waals surface area contributed by atoms with E-state index in [0.717, 1.165) is 37.3 Å². The molecule has 0 saturated heterocycles. The molecule has 0 fully saturated rings. The first-order valence-corrected chi connectivity index (χ1v) is 10.1. The minimum absolute atomic E-state index is 0.130. The molecule has 7 heteroatoms. The van der Waals surface area contributed by atoms with Crippen molar-refractivity contribution in [2.45, 2.75) is 24.2 Å². The summed E-state index contributed by atoms with van der Waals surface area (Å²) in [5, 5.41) is 11.7. The van der Waals surface area contributed by atoms with Crippen molar-refractivity contribution in [3.05, 3.63) is 65.7 Å². The SMILES string of the molecule is CN=C(NCCCc1ccccc1)NCCc1ccc(S(N)(=O)=O)cc1. The fourth-order valence-corrected chi connectivity index (χ4v) is 3.05. The molecule has 0 aliphatic carbocycles. The van der Waals surface area contributed by atoms with E-state index < -0.39 is 10.0 Å². The Morgan fingerprint density at radius 2 is 1.54 bits per heavy atom. The van der Waals surface area contributed by atoms with E-state index in [1.54, 1.807) is 19.2 Å². The van der Waals surface area contributed by atoms with E-state index in [-0.39, 0.29) is 4.90 Å². The van der Waals surface area contributed by atoms with Gasteiger partial charge in [0.1, 0.15) is 0 Å². The molecular weight excluding hydrogens is 348 g/mol. The summed E-state index contributed by atoms with van der Waals surface area (Å²) in [6.45, 7) is 1.55. The summed E-state index contributed by atoms with van der Waals surface area (Å²) in [5.41, 5.74) is 2.37. The Balaban J connectivity index is 1.68. The van der Waals surface area contributed by atoms with E-state index in [9.17, 15) is 8.42 Å². The zero-order valence-electron chi connectivity index (χ0n) is 15.0. The quantitative estimate of drug-likeness (QED) is 0.372. The monoisotopic (exact) mass is 374 g/mol. The molecule has 2 aromatic rings. The second-order valence-electron chi connectivity index (χ2n) is 5.95. The van der Waals surface area contributed by atoms with Crippen LogP contribution < -0.4 is 15.8 Å². The molecule has 0 unspecified atom stereocenters. The molecule has 140 valence electrons. The van der Waals surface area contributed by atoms with Crippen molar-refractivity contribution in [2.75, 3.05) is 20.1 Å². The molecule has 2 aromatic carbocycles. The van der Waals surface area contributed by atoms with E-state index in [4.69, 9.17) is 5.14 Å². The fraction of sp³-hybridized carbons (Fsp3) is 0.316. The second-order valence-corrected chi connectivity index (χ2v) is 7.52. The lowest BCUT2D eigenvalue weighted by Gasteiger charge is -2.12. The molecule has 2 rings (SSSR count). The Hall–Kier alpha value is -2.38. The highest BCUT2D eigenvalue weighted by Gasteiger charge is 2.06. The number of rotatable bonds is 8. The summed E-state index contributed by atoms with van der Waals surface area (Å²) in [6.07, 6.45) is 2.82. The first kappa shape index (κ1) is 19.9. The lowest BCUT2D eigenvalue weighted by Crippen LogP contribution is -2.38. The third kappa shape index (κ3) is 6.85. The van der Waals surface area contributed by atoms with Crippen LogP contribution in [0.4, 0.5) is 0 Å². The summed E-state index contributed by atoms with van der Waals surface area (Å²) in [7, 11) is -1.89. The molecule has 0 atom stereocenters.